The Morgan fingerprint density at radius 3 is 2.61 bits per heavy atom. The zero-order valence-electron chi connectivity index (χ0n) is 22.4. The van der Waals surface area contributed by atoms with Gasteiger partial charge in [-0.2, -0.15) is 5.26 Å². The van der Waals surface area contributed by atoms with Crippen LogP contribution in [0.3, 0.4) is 0 Å². The van der Waals surface area contributed by atoms with Gasteiger partial charge in [0.25, 0.3) is 0 Å². The molecule has 186 valence electrons. The quantitative estimate of drug-likeness (QED) is 0.258. The van der Waals surface area contributed by atoms with Crippen molar-refractivity contribution in [3.05, 3.63) is 11.6 Å². The molecule has 4 rings (SSSR count). The van der Waals surface area contributed by atoms with Gasteiger partial charge in [-0.25, -0.2) is 0 Å². The molecule has 3 fully saturated rings. The first-order chi connectivity index (χ1) is 15.8. The largest absolute Gasteiger partial charge is 0.378 e. The van der Waals surface area contributed by atoms with Crippen molar-refractivity contribution in [1.82, 2.24) is 0 Å². The van der Waals surface area contributed by atoms with Crippen LogP contribution in [-0.2, 0) is 4.74 Å². The Morgan fingerprint density at radius 2 is 1.85 bits per heavy atom. The molecule has 0 aliphatic heterocycles. The molecule has 0 radical (unpaired) electrons. The van der Waals surface area contributed by atoms with Gasteiger partial charge in [-0.3, -0.25) is 0 Å². The molecule has 0 bridgehead atoms. The third kappa shape index (κ3) is 4.96. The molecule has 4 aliphatic carbocycles. The summed E-state index contributed by atoms with van der Waals surface area (Å²) < 4.78 is 6.20. The Labute approximate surface area is 204 Å². The highest BCUT2D eigenvalue weighted by atomic mass is 16.5. The summed E-state index contributed by atoms with van der Waals surface area (Å²) in [6, 6.07) is 2.24. The lowest BCUT2D eigenvalue weighted by molar-refractivity contribution is -0.0640. The van der Waals surface area contributed by atoms with E-state index in [1.165, 1.54) is 64.2 Å². The molecule has 0 aromatic heterocycles. The number of hydrogen-bond acceptors (Lipinski definition) is 2. The fourth-order valence-electron chi connectivity index (χ4n) is 9.20. The first kappa shape index (κ1) is 25.3. The fraction of sp³-hybridized carbons (Fsp3) is 0.903. The van der Waals surface area contributed by atoms with Crippen LogP contribution in [0.25, 0.3) is 0 Å². The Bertz CT molecular complexity index is 734. The van der Waals surface area contributed by atoms with Crippen LogP contribution in [0.1, 0.15) is 118 Å². The van der Waals surface area contributed by atoms with Gasteiger partial charge in [0.05, 0.1) is 12.2 Å². The van der Waals surface area contributed by atoms with E-state index in [1.54, 1.807) is 5.57 Å². The molecule has 0 saturated heterocycles. The molecule has 2 nitrogen and oxygen atoms in total. The summed E-state index contributed by atoms with van der Waals surface area (Å²) in [5.74, 6) is 5.45. The third-order valence-electron chi connectivity index (χ3n) is 11.0. The van der Waals surface area contributed by atoms with Crippen LogP contribution in [0.4, 0.5) is 0 Å². The predicted octanol–water partition coefficient (Wildman–Crippen LogP) is 8.72. The summed E-state index contributed by atoms with van der Waals surface area (Å²) in [7, 11) is 0. The molecule has 2 heteroatoms. The summed E-state index contributed by atoms with van der Waals surface area (Å²) in [6.45, 7) is 13.4. The predicted molar refractivity (Wildman–Crippen MR) is 138 cm³/mol. The van der Waals surface area contributed by atoms with Crippen molar-refractivity contribution < 1.29 is 4.74 Å². The van der Waals surface area contributed by atoms with E-state index < -0.39 is 0 Å². The van der Waals surface area contributed by atoms with E-state index in [9.17, 15) is 0 Å². The van der Waals surface area contributed by atoms with Gasteiger partial charge in [0, 0.05) is 13.0 Å². The maximum absolute atomic E-state index is 8.77. The monoisotopic (exact) mass is 453 g/mol. The fourth-order valence-corrected chi connectivity index (χ4v) is 9.20. The van der Waals surface area contributed by atoms with Crippen molar-refractivity contribution >= 4 is 0 Å². The van der Waals surface area contributed by atoms with Crippen LogP contribution in [-0.4, -0.2) is 12.7 Å². The maximum Gasteiger partial charge on any atom is 0.0622 e. The SMILES string of the molecule is CC(C)CCC[C@@H](C)[C@H]1CC[C@H]2[C@@H]3CC=C4CC(OCCCC#N)CC[C@]4(C)[C@H]3CC[C@]12C. The lowest BCUT2D eigenvalue weighted by atomic mass is 9.47. The minimum absolute atomic E-state index is 0.385. The van der Waals surface area contributed by atoms with Crippen LogP contribution in [0, 0.1) is 57.7 Å². The average molecular weight is 454 g/mol. The van der Waals surface area contributed by atoms with E-state index >= 15 is 0 Å². The Hall–Kier alpha value is -0.810. The van der Waals surface area contributed by atoms with Gasteiger partial charge < -0.3 is 4.74 Å². The molecular formula is C31H51NO. The van der Waals surface area contributed by atoms with E-state index in [1.807, 2.05) is 0 Å². The smallest absolute Gasteiger partial charge is 0.0622 e. The second-order valence-corrected chi connectivity index (χ2v) is 13.3. The van der Waals surface area contributed by atoms with Crippen molar-refractivity contribution in [1.29, 1.82) is 5.26 Å². The molecule has 1 unspecified atom stereocenters. The van der Waals surface area contributed by atoms with Gasteiger partial charge in [-0.15, -0.1) is 0 Å². The van der Waals surface area contributed by atoms with E-state index in [0.29, 0.717) is 23.4 Å². The van der Waals surface area contributed by atoms with E-state index in [2.05, 4.69) is 46.8 Å². The minimum Gasteiger partial charge on any atom is -0.378 e. The standard InChI is InChI=1S/C31H51NO/c1-22(2)9-8-10-23(3)27-13-14-28-26-12-11-24-21-25(33-20-7-6-19-32)15-17-30(24,4)29(26)16-18-31(27,28)5/h11,22-23,25-29H,6-10,12-18,20-21H2,1-5H3/t23-,25?,26+,27-,28+,29+,30+,31-/m1/s1. The lowest BCUT2D eigenvalue weighted by Crippen LogP contribution is -2.51. The number of nitriles is 1. The van der Waals surface area contributed by atoms with Crippen molar-refractivity contribution in [3.8, 4) is 6.07 Å². The zero-order valence-corrected chi connectivity index (χ0v) is 22.4. The van der Waals surface area contributed by atoms with Gasteiger partial charge in [0.1, 0.15) is 0 Å². The first-order valence-corrected chi connectivity index (χ1v) is 14.5. The zero-order chi connectivity index (χ0) is 23.6. The second-order valence-electron chi connectivity index (χ2n) is 13.3. The van der Waals surface area contributed by atoms with Crippen LogP contribution >= 0.6 is 0 Å². The number of ether oxygens (including phenoxy) is 1. The van der Waals surface area contributed by atoms with Crippen molar-refractivity contribution in [2.24, 2.45) is 46.3 Å². The van der Waals surface area contributed by atoms with Crippen molar-refractivity contribution in [2.45, 2.75) is 124 Å². The van der Waals surface area contributed by atoms with Crippen LogP contribution in [0.15, 0.2) is 11.6 Å². The topological polar surface area (TPSA) is 33.0 Å². The summed E-state index contributed by atoms with van der Waals surface area (Å²) >= 11 is 0. The molecule has 0 spiro atoms. The summed E-state index contributed by atoms with van der Waals surface area (Å²) in [4.78, 5) is 0. The van der Waals surface area contributed by atoms with Gasteiger partial charge in [0.15, 0.2) is 0 Å². The third-order valence-corrected chi connectivity index (χ3v) is 11.0. The van der Waals surface area contributed by atoms with Crippen LogP contribution in [0.5, 0.6) is 0 Å². The number of nitrogens with zero attached hydrogens (tertiary/aromatic N) is 1. The van der Waals surface area contributed by atoms with E-state index in [-0.39, 0.29) is 0 Å². The van der Waals surface area contributed by atoms with Crippen LogP contribution < -0.4 is 0 Å². The lowest BCUT2D eigenvalue weighted by Gasteiger charge is -2.58. The number of fused-ring (bicyclic) bond motifs is 5. The van der Waals surface area contributed by atoms with Crippen molar-refractivity contribution in [3.63, 3.8) is 0 Å². The van der Waals surface area contributed by atoms with Gasteiger partial charge in [0.2, 0.25) is 0 Å². The molecule has 3 saturated carbocycles. The number of rotatable bonds is 9. The van der Waals surface area contributed by atoms with E-state index in [4.69, 9.17) is 10.00 Å². The summed E-state index contributed by atoms with van der Waals surface area (Å²) in [6.07, 6.45) is 19.7. The Balaban J connectivity index is 1.40. The molecule has 0 N–H and O–H groups in total. The highest BCUT2D eigenvalue weighted by molar-refractivity contribution is 5.25. The first-order valence-electron chi connectivity index (χ1n) is 14.5. The highest BCUT2D eigenvalue weighted by Crippen LogP contribution is 2.67. The molecule has 0 aromatic carbocycles. The number of allylic oxidation sites excluding steroid dienone is 1. The minimum atomic E-state index is 0.385. The molecular weight excluding hydrogens is 402 g/mol. The second kappa shape index (κ2) is 10.4. The molecule has 0 heterocycles. The Morgan fingerprint density at radius 1 is 1.03 bits per heavy atom. The number of hydrogen-bond donors (Lipinski definition) is 0. The normalized spacial score (nSPS) is 41.0. The maximum atomic E-state index is 8.77. The molecule has 8 atom stereocenters. The summed E-state index contributed by atoms with van der Waals surface area (Å²) in [5.41, 5.74) is 2.72. The molecule has 0 aromatic rings. The molecule has 0 amide bonds. The highest BCUT2D eigenvalue weighted by Gasteiger charge is 2.59. The summed E-state index contributed by atoms with van der Waals surface area (Å²) in [5, 5.41) is 8.77. The van der Waals surface area contributed by atoms with E-state index in [0.717, 1.165) is 55.0 Å². The van der Waals surface area contributed by atoms with Gasteiger partial charge >= 0.3 is 0 Å². The number of unbranched alkanes of at least 4 members (excludes halogenated alkanes) is 1. The van der Waals surface area contributed by atoms with Gasteiger partial charge in [-0.05, 0) is 104 Å². The average Bonchev–Trinajstić information content (AvgIpc) is 3.14. The Kier molecular flexibility index (Phi) is 8.00. The molecule has 4 aliphatic rings. The van der Waals surface area contributed by atoms with Crippen molar-refractivity contribution in [2.75, 3.05) is 6.61 Å². The van der Waals surface area contributed by atoms with Gasteiger partial charge in [-0.1, -0.05) is 65.5 Å². The molecule has 33 heavy (non-hydrogen) atoms. The van der Waals surface area contributed by atoms with Crippen LogP contribution in [0.2, 0.25) is 0 Å².